The number of nitrogens with one attached hydrogen (secondary N) is 1. The lowest BCUT2D eigenvalue weighted by atomic mass is 10.1. The van der Waals surface area contributed by atoms with E-state index in [-0.39, 0.29) is 18.0 Å². The van der Waals surface area contributed by atoms with Gasteiger partial charge in [0.15, 0.2) is 0 Å². The highest BCUT2D eigenvalue weighted by atomic mass is 16.5. The van der Waals surface area contributed by atoms with Gasteiger partial charge in [0.2, 0.25) is 5.91 Å². The normalized spacial score (nSPS) is 13.4. The molecule has 1 aromatic heterocycles. The van der Waals surface area contributed by atoms with Gasteiger partial charge in [-0.25, -0.2) is 4.98 Å². The Morgan fingerprint density at radius 1 is 1.12 bits per heavy atom. The Morgan fingerprint density at radius 2 is 1.91 bits per heavy atom. The van der Waals surface area contributed by atoms with Gasteiger partial charge >= 0.3 is 0 Å². The molecule has 1 aliphatic rings. The molecule has 0 aliphatic carbocycles. The predicted molar refractivity (Wildman–Crippen MR) is 127 cm³/mol. The molecule has 3 aromatic rings. The van der Waals surface area contributed by atoms with Gasteiger partial charge in [0.1, 0.15) is 18.1 Å². The molecule has 33 heavy (non-hydrogen) atoms. The Kier molecular flexibility index (Phi) is 7.19. The van der Waals surface area contributed by atoms with Crippen molar-refractivity contribution in [3.8, 4) is 5.75 Å². The number of hydrogen-bond donors (Lipinski definition) is 1. The number of rotatable bonds is 8. The van der Waals surface area contributed by atoms with E-state index in [4.69, 9.17) is 9.72 Å². The van der Waals surface area contributed by atoms with Gasteiger partial charge in [0, 0.05) is 39.0 Å². The van der Waals surface area contributed by atoms with Gasteiger partial charge < -0.3 is 10.1 Å². The van der Waals surface area contributed by atoms with Crippen molar-refractivity contribution in [1.82, 2.24) is 19.8 Å². The van der Waals surface area contributed by atoms with Crippen LogP contribution in [-0.4, -0.2) is 34.0 Å². The topological polar surface area (TPSA) is 76.5 Å². The number of carbonyl (C=O) groups excluding carboxylic acids is 1. The molecule has 2 heterocycles. The maximum absolute atomic E-state index is 13.4. The number of aromatic nitrogens is 2. The van der Waals surface area contributed by atoms with Crippen molar-refractivity contribution in [1.29, 1.82) is 0 Å². The molecule has 7 heteroatoms. The maximum Gasteiger partial charge on any atom is 0.258 e. The number of benzene rings is 2. The molecule has 172 valence electrons. The van der Waals surface area contributed by atoms with Crippen molar-refractivity contribution in [3.63, 3.8) is 0 Å². The van der Waals surface area contributed by atoms with Crippen LogP contribution in [0.25, 0.3) is 0 Å². The van der Waals surface area contributed by atoms with Gasteiger partial charge in [0.05, 0.1) is 18.4 Å². The zero-order chi connectivity index (χ0) is 23.2. The van der Waals surface area contributed by atoms with E-state index in [0.717, 1.165) is 36.5 Å². The number of methoxy groups -OCH3 is 1. The fraction of sp³-hybridized carbons (Fsp3) is 0.346. The molecule has 7 nitrogen and oxygen atoms in total. The van der Waals surface area contributed by atoms with Crippen molar-refractivity contribution in [2.75, 3.05) is 13.7 Å². The SMILES string of the molecule is CCc1nc2c(c(=O)n1CC(=O)NCc1cccc(OC)c1)CN(Cc1ccccc1)CC2. The number of ether oxygens (including phenoxy) is 1. The van der Waals surface area contributed by atoms with Crippen LogP contribution in [0.1, 0.15) is 35.1 Å². The number of nitrogens with zero attached hydrogens (tertiary/aromatic N) is 3. The summed E-state index contributed by atoms with van der Waals surface area (Å²) in [5.41, 5.74) is 3.62. The van der Waals surface area contributed by atoms with Crippen LogP contribution < -0.4 is 15.6 Å². The lowest BCUT2D eigenvalue weighted by Gasteiger charge is -2.28. The second-order valence-corrected chi connectivity index (χ2v) is 8.27. The zero-order valence-corrected chi connectivity index (χ0v) is 19.2. The molecule has 0 atom stereocenters. The molecule has 1 aliphatic heterocycles. The van der Waals surface area contributed by atoms with Crippen LogP contribution in [0.3, 0.4) is 0 Å². The summed E-state index contributed by atoms with van der Waals surface area (Å²) < 4.78 is 6.77. The molecular formula is C26H30N4O3. The van der Waals surface area contributed by atoms with E-state index in [1.807, 2.05) is 49.4 Å². The maximum atomic E-state index is 13.4. The fourth-order valence-electron chi connectivity index (χ4n) is 4.21. The third-order valence-electron chi connectivity index (χ3n) is 5.96. The second-order valence-electron chi connectivity index (χ2n) is 8.27. The lowest BCUT2D eigenvalue weighted by molar-refractivity contribution is -0.121. The van der Waals surface area contributed by atoms with Crippen molar-refractivity contribution < 1.29 is 9.53 Å². The third-order valence-corrected chi connectivity index (χ3v) is 5.96. The predicted octanol–water partition coefficient (Wildman–Crippen LogP) is 2.69. The minimum Gasteiger partial charge on any atom is -0.497 e. The summed E-state index contributed by atoms with van der Waals surface area (Å²) in [5.74, 6) is 1.19. The number of aryl methyl sites for hydroxylation is 1. The quantitative estimate of drug-likeness (QED) is 0.576. The zero-order valence-electron chi connectivity index (χ0n) is 19.2. The Hall–Kier alpha value is -3.45. The molecule has 0 radical (unpaired) electrons. The molecule has 0 fully saturated rings. The molecule has 0 saturated heterocycles. The van der Waals surface area contributed by atoms with Crippen LogP contribution in [0, 0.1) is 0 Å². The summed E-state index contributed by atoms with van der Waals surface area (Å²) in [7, 11) is 1.61. The van der Waals surface area contributed by atoms with Crippen LogP contribution in [0.2, 0.25) is 0 Å². The molecule has 0 bridgehead atoms. The number of amides is 1. The highest BCUT2D eigenvalue weighted by Crippen LogP contribution is 2.17. The third kappa shape index (κ3) is 5.49. The van der Waals surface area contributed by atoms with Gasteiger partial charge in [-0.1, -0.05) is 49.4 Å². The minimum atomic E-state index is -0.215. The van der Waals surface area contributed by atoms with Gasteiger partial charge in [0.25, 0.3) is 5.56 Å². The van der Waals surface area contributed by atoms with E-state index in [0.29, 0.717) is 30.9 Å². The molecular weight excluding hydrogens is 416 g/mol. The summed E-state index contributed by atoms with van der Waals surface area (Å²) in [5, 5.41) is 2.91. The van der Waals surface area contributed by atoms with Crippen molar-refractivity contribution in [2.24, 2.45) is 0 Å². The average molecular weight is 447 g/mol. The summed E-state index contributed by atoms with van der Waals surface area (Å²) in [6.07, 6.45) is 1.34. The first-order valence-corrected chi connectivity index (χ1v) is 11.3. The number of hydrogen-bond acceptors (Lipinski definition) is 5. The Bertz CT molecular complexity index is 1170. The molecule has 0 spiro atoms. The first kappa shape index (κ1) is 22.7. The van der Waals surface area contributed by atoms with Gasteiger partial charge in [-0.2, -0.15) is 0 Å². The van der Waals surface area contributed by atoms with Crippen molar-refractivity contribution >= 4 is 5.91 Å². The molecule has 1 amide bonds. The smallest absolute Gasteiger partial charge is 0.258 e. The van der Waals surface area contributed by atoms with E-state index in [1.165, 1.54) is 10.1 Å². The van der Waals surface area contributed by atoms with Crippen LogP contribution in [0.15, 0.2) is 59.4 Å². The Labute approximate surface area is 194 Å². The first-order chi connectivity index (χ1) is 16.1. The van der Waals surface area contributed by atoms with Gasteiger partial charge in [-0.05, 0) is 23.3 Å². The molecule has 0 saturated carbocycles. The molecule has 0 unspecified atom stereocenters. The minimum absolute atomic E-state index is 0.0368. The van der Waals surface area contributed by atoms with Crippen LogP contribution >= 0.6 is 0 Å². The van der Waals surface area contributed by atoms with Gasteiger partial charge in [-0.3, -0.25) is 19.1 Å². The Morgan fingerprint density at radius 3 is 2.67 bits per heavy atom. The highest BCUT2D eigenvalue weighted by Gasteiger charge is 2.24. The number of carbonyl (C=O) groups is 1. The van der Waals surface area contributed by atoms with Crippen LogP contribution in [0.5, 0.6) is 5.75 Å². The average Bonchev–Trinajstić information content (AvgIpc) is 2.85. The first-order valence-electron chi connectivity index (χ1n) is 11.3. The van der Waals surface area contributed by atoms with E-state index in [9.17, 15) is 9.59 Å². The van der Waals surface area contributed by atoms with Crippen molar-refractivity contribution in [3.05, 3.63) is 93.2 Å². The largest absolute Gasteiger partial charge is 0.497 e. The van der Waals surface area contributed by atoms with Crippen LogP contribution in [0.4, 0.5) is 0 Å². The summed E-state index contributed by atoms with van der Waals surface area (Å²) in [6.45, 7) is 4.49. The van der Waals surface area contributed by atoms with E-state index in [2.05, 4.69) is 22.3 Å². The van der Waals surface area contributed by atoms with Gasteiger partial charge in [-0.15, -0.1) is 0 Å². The molecule has 2 aromatic carbocycles. The Balaban J connectivity index is 1.48. The molecule has 1 N–H and O–H groups in total. The monoisotopic (exact) mass is 446 g/mol. The van der Waals surface area contributed by atoms with E-state index < -0.39 is 0 Å². The summed E-state index contributed by atoms with van der Waals surface area (Å²) in [6, 6.07) is 17.8. The highest BCUT2D eigenvalue weighted by molar-refractivity contribution is 5.75. The standard InChI is InChI=1S/C26H30N4O3/c1-3-24-28-23-12-13-29(16-19-8-5-4-6-9-19)17-22(23)26(32)30(24)18-25(31)27-15-20-10-7-11-21(14-20)33-2/h4-11,14H,3,12-13,15-18H2,1-2H3,(H,27,31). The summed E-state index contributed by atoms with van der Waals surface area (Å²) >= 11 is 0. The van der Waals surface area contributed by atoms with E-state index >= 15 is 0 Å². The fourth-order valence-corrected chi connectivity index (χ4v) is 4.21. The van der Waals surface area contributed by atoms with Crippen LogP contribution in [-0.2, 0) is 43.8 Å². The molecule has 4 rings (SSSR count). The summed E-state index contributed by atoms with van der Waals surface area (Å²) in [4.78, 5) is 33.1. The van der Waals surface area contributed by atoms with E-state index in [1.54, 1.807) is 7.11 Å². The second kappa shape index (κ2) is 10.4. The van der Waals surface area contributed by atoms with Crippen molar-refractivity contribution in [2.45, 2.75) is 45.9 Å². The number of fused-ring (bicyclic) bond motifs is 1. The lowest BCUT2D eigenvalue weighted by Crippen LogP contribution is -2.41.